The van der Waals surface area contributed by atoms with Crippen molar-refractivity contribution in [2.24, 2.45) is 0 Å². The van der Waals surface area contributed by atoms with Crippen molar-refractivity contribution < 1.29 is 4.39 Å². The highest BCUT2D eigenvalue weighted by Gasteiger charge is 2.29. The van der Waals surface area contributed by atoms with Gasteiger partial charge in [-0.3, -0.25) is 4.98 Å². The highest BCUT2D eigenvalue weighted by Crippen LogP contribution is 2.39. The van der Waals surface area contributed by atoms with Gasteiger partial charge in [0.1, 0.15) is 5.82 Å². The number of pyridine rings is 1. The molecule has 21 heavy (non-hydrogen) atoms. The quantitative estimate of drug-likeness (QED) is 0.918. The van der Waals surface area contributed by atoms with Crippen LogP contribution in [0, 0.1) is 5.82 Å². The number of aryl methyl sites for hydroxylation is 1. The number of halogens is 1. The first-order valence-electron chi connectivity index (χ1n) is 7.72. The lowest BCUT2D eigenvalue weighted by molar-refractivity contribution is 0.400. The fourth-order valence-electron chi connectivity index (χ4n) is 3.35. The van der Waals surface area contributed by atoms with Gasteiger partial charge in [-0.05, 0) is 55.1 Å². The molecule has 0 amide bonds. The first-order valence-corrected chi connectivity index (χ1v) is 7.72. The number of rotatable bonds is 4. The number of likely N-dealkylation sites (N-methyl/N-ethyl adjacent to an activating group) is 1. The van der Waals surface area contributed by atoms with Gasteiger partial charge in [0, 0.05) is 23.9 Å². The molecule has 1 aromatic heterocycles. The molecule has 0 saturated heterocycles. The van der Waals surface area contributed by atoms with E-state index in [1.807, 2.05) is 24.4 Å². The second kappa shape index (κ2) is 6.35. The number of hydrogen-bond donors (Lipinski definition) is 1. The lowest BCUT2D eigenvalue weighted by Crippen LogP contribution is -2.29. The number of hydrogen-bond acceptors (Lipinski definition) is 2. The minimum atomic E-state index is -0.184. The lowest BCUT2D eigenvalue weighted by atomic mass is 9.79. The Hall–Kier alpha value is -1.74. The van der Waals surface area contributed by atoms with Crippen LogP contribution in [-0.2, 0) is 6.42 Å². The van der Waals surface area contributed by atoms with Gasteiger partial charge in [0.05, 0.1) is 0 Å². The molecule has 0 aliphatic heterocycles. The zero-order valence-corrected chi connectivity index (χ0v) is 12.3. The van der Waals surface area contributed by atoms with Crippen LogP contribution in [0.4, 0.5) is 4.39 Å². The Morgan fingerprint density at radius 1 is 1.29 bits per heavy atom. The maximum Gasteiger partial charge on any atom is 0.123 e. The van der Waals surface area contributed by atoms with Crippen LogP contribution < -0.4 is 5.32 Å². The van der Waals surface area contributed by atoms with Gasteiger partial charge in [-0.25, -0.2) is 4.39 Å². The molecule has 0 fully saturated rings. The molecular formula is C18H21FN2. The van der Waals surface area contributed by atoms with Gasteiger partial charge in [-0.2, -0.15) is 0 Å². The van der Waals surface area contributed by atoms with Crippen molar-refractivity contribution in [3.63, 3.8) is 0 Å². The van der Waals surface area contributed by atoms with Gasteiger partial charge in [0.15, 0.2) is 0 Å². The van der Waals surface area contributed by atoms with E-state index in [1.54, 1.807) is 12.1 Å². The summed E-state index contributed by atoms with van der Waals surface area (Å²) in [5.41, 5.74) is 3.71. The van der Waals surface area contributed by atoms with Crippen LogP contribution in [0.25, 0.3) is 0 Å². The maximum absolute atomic E-state index is 13.2. The van der Waals surface area contributed by atoms with Gasteiger partial charge in [0.25, 0.3) is 0 Å². The van der Waals surface area contributed by atoms with E-state index >= 15 is 0 Å². The second-order valence-electron chi connectivity index (χ2n) is 5.63. The number of benzene rings is 1. The molecule has 1 aliphatic carbocycles. The molecule has 2 atom stereocenters. The van der Waals surface area contributed by atoms with Crippen LogP contribution >= 0.6 is 0 Å². The van der Waals surface area contributed by atoms with Crippen molar-refractivity contribution in [1.82, 2.24) is 10.3 Å². The number of fused-ring (bicyclic) bond motifs is 1. The summed E-state index contributed by atoms with van der Waals surface area (Å²) >= 11 is 0. The molecule has 1 heterocycles. The summed E-state index contributed by atoms with van der Waals surface area (Å²) in [6, 6.07) is 11.3. The highest BCUT2D eigenvalue weighted by molar-refractivity contribution is 5.31. The van der Waals surface area contributed by atoms with Crippen LogP contribution in [0.2, 0.25) is 0 Å². The van der Waals surface area contributed by atoms with E-state index in [0.29, 0.717) is 5.92 Å². The topological polar surface area (TPSA) is 24.9 Å². The van der Waals surface area contributed by atoms with Crippen molar-refractivity contribution in [2.45, 2.75) is 38.1 Å². The van der Waals surface area contributed by atoms with Crippen LogP contribution in [-0.4, -0.2) is 11.5 Å². The van der Waals surface area contributed by atoms with Crippen LogP contribution in [0.15, 0.2) is 42.6 Å². The number of aromatic nitrogens is 1. The normalized spacial score (nSPS) is 19.0. The predicted molar refractivity (Wildman–Crippen MR) is 82.7 cm³/mol. The third-order valence-corrected chi connectivity index (χ3v) is 4.29. The van der Waals surface area contributed by atoms with Gasteiger partial charge >= 0.3 is 0 Å². The smallest absolute Gasteiger partial charge is 0.123 e. The van der Waals surface area contributed by atoms with E-state index in [1.165, 1.54) is 17.7 Å². The van der Waals surface area contributed by atoms with E-state index in [2.05, 4.69) is 23.3 Å². The summed E-state index contributed by atoms with van der Waals surface area (Å²) in [5.74, 6) is 0.177. The third-order valence-electron chi connectivity index (χ3n) is 4.29. The summed E-state index contributed by atoms with van der Waals surface area (Å²) in [4.78, 5) is 4.63. The van der Waals surface area contributed by atoms with Crippen LogP contribution in [0.5, 0.6) is 0 Å². The molecule has 0 bridgehead atoms. The average molecular weight is 284 g/mol. The van der Waals surface area contributed by atoms with Crippen molar-refractivity contribution in [3.05, 3.63) is 65.2 Å². The summed E-state index contributed by atoms with van der Waals surface area (Å²) in [6.07, 6.45) is 5.30. The average Bonchev–Trinajstić information content (AvgIpc) is 2.53. The standard InChI is InChI=1S/C18H21FN2/c1-2-20-17(14-8-10-15(19)11-9-14)16-7-3-5-13-6-4-12-21-18(13)16/h4,6,8-12,16-17,20H,2-3,5,7H2,1H3. The van der Waals surface area contributed by atoms with Crippen molar-refractivity contribution in [3.8, 4) is 0 Å². The Morgan fingerprint density at radius 3 is 2.86 bits per heavy atom. The highest BCUT2D eigenvalue weighted by atomic mass is 19.1. The van der Waals surface area contributed by atoms with E-state index in [9.17, 15) is 4.39 Å². The number of nitrogens with zero attached hydrogens (tertiary/aromatic N) is 1. The minimum Gasteiger partial charge on any atom is -0.310 e. The summed E-state index contributed by atoms with van der Waals surface area (Å²) < 4.78 is 13.2. The summed E-state index contributed by atoms with van der Waals surface area (Å²) in [6.45, 7) is 3.00. The Morgan fingerprint density at radius 2 is 2.10 bits per heavy atom. The van der Waals surface area contributed by atoms with Crippen molar-refractivity contribution in [2.75, 3.05) is 6.54 Å². The summed E-state index contributed by atoms with van der Waals surface area (Å²) in [7, 11) is 0. The van der Waals surface area contributed by atoms with Crippen LogP contribution in [0.3, 0.4) is 0 Å². The Bertz CT molecular complexity index is 594. The molecule has 2 unspecified atom stereocenters. The molecule has 1 N–H and O–H groups in total. The van der Waals surface area contributed by atoms with E-state index < -0.39 is 0 Å². The molecule has 0 spiro atoms. The molecule has 2 aromatic rings. The SMILES string of the molecule is CCNC(c1ccc(F)cc1)C1CCCc2cccnc21. The van der Waals surface area contributed by atoms with Crippen molar-refractivity contribution in [1.29, 1.82) is 0 Å². The van der Waals surface area contributed by atoms with E-state index in [0.717, 1.165) is 24.9 Å². The lowest BCUT2D eigenvalue weighted by Gasteiger charge is -2.32. The van der Waals surface area contributed by atoms with Crippen LogP contribution in [0.1, 0.15) is 48.5 Å². The zero-order valence-electron chi connectivity index (χ0n) is 12.3. The molecule has 0 radical (unpaired) electrons. The maximum atomic E-state index is 13.2. The third kappa shape index (κ3) is 2.98. The Kier molecular flexibility index (Phi) is 4.30. The first-order chi connectivity index (χ1) is 10.3. The fraction of sp³-hybridized carbons (Fsp3) is 0.389. The molecule has 0 saturated carbocycles. The van der Waals surface area contributed by atoms with Gasteiger partial charge in [0.2, 0.25) is 0 Å². The predicted octanol–water partition coefficient (Wildman–Crippen LogP) is 3.99. The van der Waals surface area contributed by atoms with Gasteiger partial charge < -0.3 is 5.32 Å². The molecule has 1 aliphatic rings. The van der Waals surface area contributed by atoms with Gasteiger partial charge in [-0.15, -0.1) is 0 Å². The largest absolute Gasteiger partial charge is 0.310 e. The van der Waals surface area contributed by atoms with E-state index in [-0.39, 0.29) is 11.9 Å². The molecule has 2 nitrogen and oxygen atoms in total. The minimum absolute atomic E-state index is 0.184. The number of nitrogens with one attached hydrogen (secondary N) is 1. The van der Waals surface area contributed by atoms with Gasteiger partial charge in [-0.1, -0.05) is 25.1 Å². The molecular weight excluding hydrogens is 263 g/mol. The molecule has 110 valence electrons. The second-order valence-corrected chi connectivity index (χ2v) is 5.63. The Labute approximate surface area is 125 Å². The zero-order chi connectivity index (χ0) is 14.7. The summed E-state index contributed by atoms with van der Waals surface area (Å²) in [5, 5.41) is 3.57. The Balaban J connectivity index is 1.96. The molecule has 1 aromatic carbocycles. The molecule has 3 rings (SSSR count). The fourth-order valence-corrected chi connectivity index (χ4v) is 3.35. The van der Waals surface area contributed by atoms with Crippen molar-refractivity contribution >= 4 is 0 Å². The monoisotopic (exact) mass is 284 g/mol. The molecule has 3 heteroatoms. The first kappa shape index (κ1) is 14.2. The van der Waals surface area contributed by atoms with E-state index in [4.69, 9.17) is 0 Å².